The summed E-state index contributed by atoms with van der Waals surface area (Å²) in [6.45, 7) is 6.23. The van der Waals surface area contributed by atoms with Gasteiger partial charge in [-0.05, 0) is 37.8 Å². The maximum atomic E-state index is 12.9. The van der Waals surface area contributed by atoms with Crippen LogP contribution in [0.1, 0.15) is 26.7 Å². The zero-order valence-electron chi connectivity index (χ0n) is 17.2. The largest absolute Gasteiger partial charge is 0.369 e. The molecule has 2 aromatic rings. The number of urea groups is 1. The molecule has 0 aromatic carbocycles. The van der Waals surface area contributed by atoms with Crippen molar-refractivity contribution in [1.82, 2.24) is 19.8 Å². The lowest BCUT2D eigenvalue weighted by molar-refractivity contribution is 0.132. The van der Waals surface area contributed by atoms with Gasteiger partial charge in [-0.15, -0.1) is 0 Å². The van der Waals surface area contributed by atoms with Crippen molar-refractivity contribution in [3.8, 4) is 6.07 Å². The van der Waals surface area contributed by atoms with Gasteiger partial charge in [-0.1, -0.05) is 6.92 Å². The number of likely N-dealkylation sites (tertiary alicyclic amines) is 1. The Morgan fingerprint density at radius 1 is 1.46 bits per heavy atom. The van der Waals surface area contributed by atoms with Gasteiger partial charge >= 0.3 is 6.03 Å². The molecule has 1 aliphatic rings. The number of hydrogen-bond acceptors (Lipinski definition) is 4. The molecule has 0 bridgehead atoms. The third kappa shape index (κ3) is 4.06. The van der Waals surface area contributed by atoms with Crippen molar-refractivity contribution in [1.29, 1.82) is 5.26 Å². The van der Waals surface area contributed by atoms with Crippen LogP contribution in [0.15, 0.2) is 24.5 Å². The van der Waals surface area contributed by atoms with Gasteiger partial charge in [0, 0.05) is 69.2 Å². The fourth-order valence-electron chi connectivity index (χ4n) is 3.95. The molecule has 1 aliphatic heterocycles. The highest BCUT2D eigenvalue weighted by molar-refractivity contribution is 5.89. The number of nitrogens with zero attached hydrogens (tertiary/aromatic N) is 5. The molecule has 1 N–H and O–H groups in total. The molecule has 0 spiro atoms. The van der Waals surface area contributed by atoms with E-state index in [1.54, 1.807) is 4.90 Å². The van der Waals surface area contributed by atoms with Gasteiger partial charge in [0.1, 0.15) is 5.65 Å². The lowest BCUT2D eigenvalue weighted by Crippen LogP contribution is -2.55. The van der Waals surface area contributed by atoms with E-state index in [0.717, 1.165) is 29.7 Å². The molecule has 1 saturated heterocycles. The van der Waals surface area contributed by atoms with Gasteiger partial charge in [0.05, 0.1) is 6.07 Å². The number of hydrogen-bond donors (Lipinski definition) is 1. The second-order valence-corrected chi connectivity index (χ2v) is 7.98. The summed E-state index contributed by atoms with van der Waals surface area (Å²) in [6.07, 6.45) is 5.41. The summed E-state index contributed by atoms with van der Waals surface area (Å²) in [7, 11) is 3.94. The SMILES string of the molecule is CC(C#N)CCN(C)C(=O)N1CC[C@@H](C)[C@@H](N(C)c2ccnc3[nH]ccc23)C1. The van der Waals surface area contributed by atoms with Gasteiger partial charge in [-0.25, -0.2) is 9.78 Å². The number of H-pyrrole nitrogens is 1. The van der Waals surface area contributed by atoms with Gasteiger partial charge in [0.2, 0.25) is 0 Å². The Bertz CT molecular complexity index is 856. The second kappa shape index (κ2) is 8.51. The average Bonchev–Trinajstić information content (AvgIpc) is 3.19. The standard InChI is InChI=1S/C21H30N6O/c1-15(13-22)7-11-25(3)21(28)27-12-8-16(2)19(14-27)26(4)18-6-10-24-20-17(18)5-9-23-20/h5-6,9-10,15-16,19H,7-8,11-12,14H2,1-4H3,(H,23,24)/t15?,16-,19+/m1/s1. The van der Waals surface area contributed by atoms with Crippen LogP contribution in [0.5, 0.6) is 0 Å². The highest BCUT2D eigenvalue weighted by Crippen LogP contribution is 2.30. The number of likely N-dealkylation sites (N-methyl/N-ethyl adjacent to an activating group) is 1. The first-order valence-electron chi connectivity index (χ1n) is 9.97. The van der Waals surface area contributed by atoms with Crippen LogP contribution >= 0.6 is 0 Å². The number of anilines is 1. The van der Waals surface area contributed by atoms with E-state index in [-0.39, 0.29) is 18.0 Å². The van der Waals surface area contributed by atoms with E-state index in [1.165, 1.54) is 0 Å². The van der Waals surface area contributed by atoms with E-state index < -0.39 is 0 Å². The van der Waals surface area contributed by atoms with Crippen molar-refractivity contribution in [3.63, 3.8) is 0 Å². The number of aromatic nitrogens is 2. The molecular formula is C21H30N6O. The zero-order valence-corrected chi connectivity index (χ0v) is 17.2. The summed E-state index contributed by atoms with van der Waals surface area (Å²) >= 11 is 0. The summed E-state index contributed by atoms with van der Waals surface area (Å²) in [5, 5.41) is 10.1. The van der Waals surface area contributed by atoms with E-state index in [0.29, 0.717) is 25.4 Å². The number of aromatic amines is 1. The van der Waals surface area contributed by atoms with E-state index >= 15 is 0 Å². The van der Waals surface area contributed by atoms with Gasteiger partial charge in [-0.2, -0.15) is 5.26 Å². The monoisotopic (exact) mass is 382 g/mol. The Kier molecular flexibility index (Phi) is 6.08. The number of carbonyl (C=O) groups excluding carboxylic acids is 1. The first kappa shape index (κ1) is 20.0. The highest BCUT2D eigenvalue weighted by atomic mass is 16.2. The second-order valence-electron chi connectivity index (χ2n) is 7.98. The van der Waals surface area contributed by atoms with Crippen molar-refractivity contribution in [2.75, 3.05) is 38.6 Å². The fraction of sp³-hybridized carbons (Fsp3) is 0.571. The summed E-state index contributed by atoms with van der Waals surface area (Å²) < 4.78 is 0. The van der Waals surface area contributed by atoms with Crippen molar-refractivity contribution < 1.29 is 4.79 Å². The molecule has 0 aliphatic carbocycles. The van der Waals surface area contributed by atoms with Gasteiger partial charge < -0.3 is 19.7 Å². The Morgan fingerprint density at radius 3 is 3.00 bits per heavy atom. The first-order valence-corrected chi connectivity index (χ1v) is 9.97. The van der Waals surface area contributed by atoms with E-state index in [2.05, 4.69) is 41.0 Å². The van der Waals surface area contributed by atoms with Crippen LogP contribution in [0.4, 0.5) is 10.5 Å². The minimum absolute atomic E-state index is 0.0361. The molecule has 7 heteroatoms. The van der Waals surface area contributed by atoms with Crippen LogP contribution in [0, 0.1) is 23.2 Å². The molecule has 0 saturated carbocycles. The van der Waals surface area contributed by atoms with Gasteiger partial charge in [0.15, 0.2) is 0 Å². The minimum Gasteiger partial charge on any atom is -0.369 e. The number of pyridine rings is 1. The predicted molar refractivity (Wildman–Crippen MR) is 111 cm³/mol. The summed E-state index contributed by atoms with van der Waals surface area (Å²) in [4.78, 5) is 26.5. The van der Waals surface area contributed by atoms with Crippen molar-refractivity contribution in [2.24, 2.45) is 11.8 Å². The lowest BCUT2D eigenvalue weighted by Gasteiger charge is -2.43. The Balaban J connectivity index is 1.71. The maximum Gasteiger partial charge on any atom is 0.319 e. The molecular weight excluding hydrogens is 352 g/mol. The lowest BCUT2D eigenvalue weighted by atomic mass is 9.92. The van der Waals surface area contributed by atoms with Crippen LogP contribution in [-0.4, -0.2) is 65.6 Å². The van der Waals surface area contributed by atoms with Crippen molar-refractivity contribution in [2.45, 2.75) is 32.7 Å². The molecule has 3 heterocycles. The van der Waals surface area contributed by atoms with Crippen molar-refractivity contribution in [3.05, 3.63) is 24.5 Å². The number of carbonyl (C=O) groups is 1. The van der Waals surface area contributed by atoms with Crippen molar-refractivity contribution >= 4 is 22.8 Å². The third-order valence-electron chi connectivity index (χ3n) is 5.95. The van der Waals surface area contributed by atoms with E-state index in [9.17, 15) is 4.79 Å². The summed E-state index contributed by atoms with van der Waals surface area (Å²) in [5.41, 5.74) is 2.01. The third-order valence-corrected chi connectivity index (χ3v) is 5.95. The number of fused-ring (bicyclic) bond motifs is 1. The average molecular weight is 383 g/mol. The number of amides is 2. The molecule has 1 unspecified atom stereocenters. The zero-order chi connectivity index (χ0) is 20.3. The number of piperidine rings is 1. The Labute approximate surface area is 166 Å². The molecule has 2 aromatic heterocycles. The summed E-state index contributed by atoms with van der Waals surface area (Å²) in [6, 6.07) is 6.62. The number of rotatable bonds is 5. The van der Waals surface area contributed by atoms with E-state index in [4.69, 9.17) is 5.26 Å². The molecule has 150 valence electrons. The fourth-order valence-corrected chi connectivity index (χ4v) is 3.95. The Hall–Kier alpha value is -2.75. The minimum atomic E-state index is -0.0361. The van der Waals surface area contributed by atoms with Crippen LogP contribution in [0.3, 0.4) is 0 Å². The molecule has 28 heavy (non-hydrogen) atoms. The van der Waals surface area contributed by atoms with Crippen LogP contribution in [0.25, 0.3) is 11.0 Å². The highest BCUT2D eigenvalue weighted by Gasteiger charge is 2.33. The molecule has 7 nitrogen and oxygen atoms in total. The maximum absolute atomic E-state index is 12.9. The van der Waals surface area contributed by atoms with Crippen LogP contribution < -0.4 is 4.90 Å². The van der Waals surface area contributed by atoms with E-state index in [1.807, 2.05) is 37.3 Å². The number of nitriles is 1. The summed E-state index contributed by atoms with van der Waals surface area (Å²) in [5.74, 6) is 0.450. The normalized spacial score (nSPS) is 20.6. The molecule has 2 amide bonds. The van der Waals surface area contributed by atoms with Gasteiger partial charge in [-0.3, -0.25) is 0 Å². The first-order chi connectivity index (χ1) is 13.4. The smallest absolute Gasteiger partial charge is 0.319 e. The topological polar surface area (TPSA) is 79.3 Å². The van der Waals surface area contributed by atoms with Crippen LogP contribution in [-0.2, 0) is 0 Å². The quantitative estimate of drug-likeness (QED) is 0.860. The molecule has 1 fully saturated rings. The Morgan fingerprint density at radius 2 is 2.25 bits per heavy atom. The van der Waals surface area contributed by atoms with Crippen LogP contribution in [0.2, 0.25) is 0 Å². The molecule has 3 rings (SSSR count). The van der Waals surface area contributed by atoms with Gasteiger partial charge in [0.25, 0.3) is 0 Å². The molecule has 3 atom stereocenters. The predicted octanol–water partition coefficient (Wildman–Crippen LogP) is 3.31. The number of nitrogens with one attached hydrogen (secondary N) is 1. The molecule has 0 radical (unpaired) electrons.